The number of nitrogens with one attached hydrogen (secondary N) is 1. The minimum absolute atomic E-state index is 0.302. The average Bonchev–Trinajstić information content (AvgIpc) is 3.15. The first-order valence-electron chi connectivity index (χ1n) is 9.46. The van der Waals surface area contributed by atoms with Gasteiger partial charge in [0.25, 0.3) is 0 Å². The highest BCUT2D eigenvalue weighted by atomic mass is 32.2. The molecule has 7 nitrogen and oxygen atoms in total. The van der Waals surface area contributed by atoms with E-state index in [9.17, 15) is 13.2 Å². The summed E-state index contributed by atoms with van der Waals surface area (Å²) in [7, 11) is -3.68. The molecule has 3 rings (SSSR count). The second-order valence-electron chi connectivity index (χ2n) is 7.09. The lowest BCUT2D eigenvalue weighted by Gasteiger charge is -2.29. The van der Waals surface area contributed by atoms with Crippen molar-refractivity contribution in [2.75, 3.05) is 15.9 Å². The van der Waals surface area contributed by atoms with Crippen molar-refractivity contribution in [3.8, 4) is 10.6 Å². The van der Waals surface area contributed by atoms with E-state index in [0.717, 1.165) is 27.3 Å². The molecule has 0 unspecified atom stereocenters. The second-order valence-corrected chi connectivity index (χ2v) is 9.92. The van der Waals surface area contributed by atoms with Crippen molar-refractivity contribution >= 4 is 38.1 Å². The molecule has 2 aromatic carbocycles. The molecule has 0 bridgehead atoms. The van der Waals surface area contributed by atoms with E-state index in [1.54, 1.807) is 19.1 Å². The predicted octanol–water partition coefficient (Wildman–Crippen LogP) is 4.01. The first-order valence-corrected chi connectivity index (χ1v) is 12.1. The maximum absolute atomic E-state index is 13.0. The molecule has 0 saturated heterocycles. The standard InChI is InChI=1S/C21H24N4O3S2/c1-5-18(25(30(4,27)28)17-12-8-15(3)9-13-17)19(26)22-21-24-23-20(29-21)16-10-6-14(2)7-11-16/h6-13,18H,5H2,1-4H3,(H,22,24,26)/t18-/m0/s1. The van der Waals surface area contributed by atoms with Crippen LogP contribution in [-0.4, -0.2) is 36.8 Å². The van der Waals surface area contributed by atoms with Crippen molar-refractivity contribution in [2.24, 2.45) is 0 Å². The molecule has 1 amide bonds. The molecule has 0 fully saturated rings. The fourth-order valence-corrected chi connectivity index (χ4v) is 4.99. The van der Waals surface area contributed by atoms with Gasteiger partial charge in [0.15, 0.2) is 0 Å². The number of hydrogen-bond donors (Lipinski definition) is 1. The minimum atomic E-state index is -3.68. The Kier molecular flexibility index (Phi) is 6.52. The van der Waals surface area contributed by atoms with Crippen LogP contribution in [0.4, 0.5) is 10.8 Å². The molecule has 0 aliphatic rings. The molecule has 1 N–H and O–H groups in total. The molecule has 158 valence electrons. The van der Waals surface area contributed by atoms with Gasteiger partial charge < -0.3 is 0 Å². The maximum atomic E-state index is 13.0. The van der Waals surface area contributed by atoms with E-state index < -0.39 is 22.0 Å². The van der Waals surface area contributed by atoms with Gasteiger partial charge in [0, 0.05) is 5.56 Å². The number of anilines is 2. The van der Waals surface area contributed by atoms with Crippen molar-refractivity contribution < 1.29 is 13.2 Å². The van der Waals surface area contributed by atoms with Gasteiger partial charge in [-0.25, -0.2) is 8.42 Å². The van der Waals surface area contributed by atoms with Crippen LogP contribution in [0.15, 0.2) is 48.5 Å². The van der Waals surface area contributed by atoms with Gasteiger partial charge >= 0.3 is 0 Å². The summed E-state index contributed by atoms with van der Waals surface area (Å²) in [5.74, 6) is -0.449. The Morgan fingerprint density at radius 2 is 1.60 bits per heavy atom. The number of hydrogen-bond acceptors (Lipinski definition) is 6. The first kappa shape index (κ1) is 21.9. The third kappa shape index (κ3) is 5.03. The minimum Gasteiger partial charge on any atom is -0.299 e. The Balaban J connectivity index is 1.84. The predicted molar refractivity (Wildman–Crippen MR) is 121 cm³/mol. The second kappa shape index (κ2) is 8.93. The van der Waals surface area contributed by atoms with Crippen molar-refractivity contribution in [3.05, 3.63) is 59.7 Å². The van der Waals surface area contributed by atoms with Crippen LogP contribution < -0.4 is 9.62 Å². The largest absolute Gasteiger partial charge is 0.299 e. The summed E-state index contributed by atoms with van der Waals surface area (Å²) in [4.78, 5) is 13.0. The van der Waals surface area contributed by atoms with Gasteiger partial charge in [-0.1, -0.05) is 65.8 Å². The van der Waals surface area contributed by atoms with Crippen LogP contribution in [0.25, 0.3) is 10.6 Å². The van der Waals surface area contributed by atoms with Crippen molar-refractivity contribution in [2.45, 2.75) is 33.2 Å². The Bertz CT molecular complexity index is 1120. The molecular formula is C21H24N4O3S2. The number of sulfonamides is 1. The smallest absolute Gasteiger partial charge is 0.250 e. The molecule has 30 heavy (non-hydrogen) atoms. The molecule has 1 atom stereocenters. The first-order chi connectivity index (χ1) is 14.2. The summed E-state index contributed by atoms with van der Waals surface area (Å²) in [6.07, 6.45) is 1.40. The summed E-state index contributed by atoms with van der Waals surface area (Å²) >= 11 is 1.24. The van der Waals surface area contributed by atoms with Gasteiger partial charge in [-0.15, -0.1) is 10.2 Å². The molecule has 3 aromatic rings. The molecule has 0 aliphatic heterocycles. The van der Waals surface area contributed by atoms with Gasteiger partial charge in [-0.05, 0) is 32.4 Å². The molecule has 1 aromatic heterocycles. The zero-order valence-electron chi connectivity index (χ0n) is 17.3. The van der Waals surface area contributed by atoms with Crippen LogP contribution in [0.2, 0.25) is 0 Å². The lowest BCUT2D eigenvalue weighted by Crippen LogP contribution is -2.47. The van der Waals surface area contributed by atoms with Crippen LogP contribution in [0.5, 0.6) is 0 Å². The molecule has 0 radical (unpaired) electrons. The third-order valence-electron chi connectivity index (χ3n) is 4.57. The van der Waals surface area contributed by atoms with E-state index in [4.69, 9.17) is 0 Å². The molecule has 0 aliphatic carbocycles. The van der Waals surface area contributed by atoms with Gasteiger partial charge in [0.2, 0.25) is 21.1 Å². The number of aromatic nitrogens is 2. The summed E-state index contributed by atoms with van der Waals surface area (Å²) in [5.41, 5.74) is 3.49. The number of carbonyl (C=O) groups is 1. The van der Waals surface area contributed by atoms with E-state index in [-0.39, 0.29) is 0 Å². The lowest BCUT2D eigenvalue weighted by atomic mass is 10.1. The molecule has 0 spiro atoms. The van der Waals surface area contributed by atoms with Crippen molar-refractivity contribution in [1.82, 2.24) is 10.2 Å². The number of nitrogens with zero attached hydrogens (tertiary/aromatic N) is 3. The fourth-order valence-electron chi connectivity index (χ4n) is 3.03. The van der Waals surface area contributed by atoms with Gasteiger partial charge in [-0.3, -0.25) is 14.4 Å². The van der Waals surface area contributed by atoms with E-state index in [2.05, 4.69) is 15.5 Å². The number of amides is 1. The summed E-state index contributed by atoms with van der Waals surface area (Å²) in [5, 5.41) is 11.9. The van der Waals surface area contributed by atoms with Crippen molar-refractivity contribution in [3.63, 3.8) is 0 Å². The number of benzene rings is 2. The lowest BCUT2D eigenvalue weighted by molar-refractivity contribution is -0.117. The zero-order chi connectivity index (χ0) is 21.9. The molecule has 9 heteroatoms. The normalized spacial score (nSPS) is 12.4. The Labute approximate surface area is 180 Å². The van der Waals surface area contributed by atoms with Crippen LogP contribution in [0.1, 0.15) is 24.5 Å². The summed E-state index contributed by atoms with van der Waals surface area (Å²) < 4.78 is 26.2. The van der Waals surface area contributed by atoms with Crippen LogP contribution >= 0.6 is 11.3 Å². The SMILES string of the molecule is CC[C@@H](C(=O)Nc1nnc(-c2ccc(C)cc2)s1)N(c1ccc(C)cc1)S(C)(=O)=O. The molecule has 1 heterocycles. The number of aryl methyl sites for hydroxylation is 2. The van der Waals surface area contributed by atoms with E-state index in [0.29, 0.717) is 22.2 Å². The average molecular weight is 445 g/mol. The highest BCUT2D eigenvalue weighted by Gasteiger charge is 2.32. The van der Waals surface area contributed by atoms with E-state index in [1.807, 2.05) is 50.2 Å². The van der Waals surface area contributed by atoms with Gasteiger partial charge in [0.05, 0.1) is 11.9 Å². The van der Waals surface area contributed by atoms with Crippen LogP contribution in [0, 0.1) is 13.8 Å². The van der Waals surface area contributed by atoms with Crippen molar-refractivity contribution in [1.29, 1.82) is 0 Å². The Morgan fingerprint density at radius 1 is 1.03 bits per heavy atom. The zero-order valence-corrected chi connectivity index (χ0v) is 18.9. The van der Waals surface area contributed by atoms with Crippen LogP contribution in [-0.2, 0) is 14.8 Å². The topological polar surface area (TPSA) is 92.3 Å². The third-order valence-corrected chi connectivity index (χ3v) is 6.64. The molecule has 0 saturated carbocycles. The van der Waals surface area contributed by atoms with Gasteiger partial charge in [0.1, 0.15) is 11.0 Å². The number of carbonyl (C=O) groups excluding carboxylic acids is 1. The summed E-state index contributed by atoms with van der Waals surface area (Å²) in [6, 6.07) is 14.0. The van der Waals surface area contributed by atoms with Crippen LogP contribution in [0.3, 0.4) is 0 Å². The highest BCUT2D eigenvalue weighted by molar-refractivity contribution is 7.92. The number of rotatable bonds is 7. The molecular weight excluding hydrogens is 420 g/mol. The van der Waals surface area contributed by atoms with E-state index in [1.165, 1.54) is 11.3 Å². The summed E-state index contributed by atoms with van der Waals surface area (Å²) in [6.45, 7) is 5.69. The van der Waals surface area contributed by atoms with E-state index >= 15 is 0 Å². The van der Waals surface area contributed by atoms with Gasteiger partial charge in [-0.2, -0.15) is 0 Å². The Hall–Kier alpha value is -2.78. The monoisotopic (exact) mass is 444 g/mol. The highest BCUT2D eigenvalue weighted by Crippen LogP contribution is 2.28. The Morgan fingerprint density at radius 3 is 2.13 bits per heavy atom. The quantitative estimate of drug-likeness (QED) is 0.594. The maximum Gasteiger partial charge on any atom is 0.250 e. The fraction of sp³-hybridized carbons (Fsp3) is 0.286.